The van der Waals surface area contributed by atoms with Gasteiger partial charge in [0.25, 0.3) is 0 Å². The molecular formula is C15H19NS. The lowest BCUT2D eigenvalue weighted by molar-refractivity contribution is 0.527. The zero-order valence-corrected chi connectivity index (χ0v) is 11.1. The molecule has 0 spiro atoms. The van der Waals surface area contributed by atoms with E-state index >= 15 is 0 Å². The van der Waals surface area contributed by atoms with Crippen LogP contribution in [0.3, 0.4) is 0 Å². The normalized spacial score (nSPS) is 17.0. The molecule has 1 fully saturated rings. The van der Waals surface area contributed by atoms with E-state index in [1.165, 1.54) is 46.2 Å². The lowest BCUT2D eigenvalue weighted by Crippen LogP contribution is -2.24. The summed E-state index contributed by atoms with van der Waals surface area (Å²) in [7, 11) is 0. The molecule has 17 heavy (non-hydrogen) atoms. The predicted molar refractivity (Wildman–Crippen MR) is 75.7 cm³/mol. The summed E-state index contributed by atoms with van der Waals surface area (Å²) in [6.07, 6.45) is 5.54. The van der Waals surface area contributed by atoms with Gasteiger partial charge < -0.3 is 5.32 Å². The molecule has 90 valence electrons. The molecule has 2 aromatic rings. The van der Waals surface area contributed by atoms with Crippen LogP contribution in [0.25, 0.3) is 10.1 Å². The van der Waals surface area contributed by atoms with E-state index in [1.807, 2.05) is 11.3 Å². The highest BCUT2D eigenvalue weighted by Gasteiger charge is 2.14. The van der Waals surface area contributed by atoms with Crippen molar-refractivity contribution < 1.29 is 0 Å². The number of hydrogen-bond acceptors (Lipinski definition) is 2. The maximum atomic E-state index is 3.68. The Morgan fingerprint density at radius 3 is 2.88 bits per heavy atom. The van der Waals surface area contributed by atoms with E-state index in [2.05, 4.69) is 36.5 Å². The molecule has 1 saturated carbocycles. The Labute approximate surface area is 107 Å². The van der Waals surface area contributed by atoms with Gasteiger partial charge in [0, 0.05) is 22.2 Å². The molecule has 1 heterocycles. The van der Waals surface area contributed by atoms with Gasteiger partial charge in [-0.2, -0.15) is 0 Å². The number of aryl methyl sites for hydroxylation is 1. The third-order valence-corrected chi connectivity index (χ3v) is 4.76. The van der Waals surface area contributed by atoms with Gasteiger partial charge in [-0.15, -0.1) is 11.3 Å². The number of thiophene rings is 1. The summed E-state index contributed by atoms with van der Waals surface area (Å²) in [5.41, 5.74) is 1.35. The van der Waals surface area contributed by atoms with Gasteiger partial charge in [0.15, 0.2) is 0 Å². The van der Waals surface area contributed by atoms with Crippen LogP contribution < -0.4 is 5.32 Å². The highest BCUT2D eigenvalue weighted by molar-refractivity contribution is 7.19. The Kier molecular flexibility index (Phi) is 3.17. The first kappa shape index (κ1) is 11.2. The van der Waals surface area contributed by atoms with Crippen molar-refractivity contribution in [3.63, 3.8) is 0 Å². The molecule has 0 bridgehead atoms. The highest BCUT2D eigenvalue weighted by atomic mass is 32.1. The van der Waals surface area contributed by atoms with Crippen LogP contribution >= 0.6 is 11.3 Å². The van der Waals surface area contributed by atoms with Crippen molar-refractivity contribution in [2.45, 2.75) is 45.2 Å². The van der Waals surface area contributed by atoms with E-state index in [9.17, 15) is 0 Å². The van der Waals surface area contributed by atoms with E-state index in [1.54, 1.807) is 0 Å². The average Bonchev–Trinajstić information content (AvgIpc) is 2.94. The Morgan fingerprint density at radius 2 is 2.06 bits per heavy atom. The number of fused-ring (bicyclic) bond motifs is 1. The first-order chi connectivity index (χ1) is 8.31. The van der Waals surface area contributed by atoms with Crippen LogP contribution in [-0.2, 0) is 6.54 Å². The summed E-state index contributed by atoms with van der Waals surface area (Å²) in [5.74, 6) is 0. The summed E-state index contributed by atoms with van der Waals surface area (Å²) in [4.78, 5) is 1.47. The largest absolute Gasteiger partial charge is 0.309 e. The van der Waals surface area contributed by atoms with Crippen molar-refractivity contribution in [3.8, 4) is 0 Å². The zero-order chi connectivity index (χ0) is 11.7. The minimum absolute atomic E-state index is 0.766. The van der Waals surface area contributed by atoms with Gasteiger partial charge in [-0.25, -0.2) is 0 Å². The van der Waals surface area contributed by atoms with Crippen LogP contribution in [0.5, 0.6) is 0 Å². The minimum Gasteiger partial charge on any atom is -0.309 e. The highest BCUT2D eigenvalue weighted by Crippen LogP contribution is 2.27. The molecule has 0 radical (unpaired) electrons. The summed E-state index contributed by atoms with van der Waals surface area (Å²) < 4.78 is 1.42. The van der Waals surface area contributed by atoms with Crippen molar-refractivity contribution >= 4 is 21.4 Å². The first-order valence-corrected chi connectivity index (χ1v) is 7.35. The predicted octanol–water partition coefficient (Wildman–Crippen LogP) is 4.24. The monoisotopic (exact) mass is 245 g/mol. The van der Waals surface area contributed by atoms with E-state index in [-0.39, 0.29) is 0 Å². The molecular weight excluding hydrogens is 226 g/mol. The fourth-order valence-electron chi connectivity index (χ4n) is 2.68. The summed E-state index contributed by atoms with van der Waals surface area (Å²) in [5, 5.41) is 5.08. The second kappa shape index (κ2) is 4.79. The zero-order valence-electron chi connectivity index (χ0n) is 10.3. The molecule has 1 aromatic carbocycles. The number of rotatable bonds is 3. The quantitative estimate of drug-likeness (QED) is 0.852. The van der Waals surface area contributed by atoms with Crippen LogP contribution in [-0.4, -0.2) is 6.04 Å². The number of hydrogen-bond donors (Lipinski definition) is 1. The van der Waals surface area contributed by atoms with Gasteiger partial charge in [0.1, 0.15) is 0 Å². The van der Waals surface area contributed by atoms with Crippen molar-refractivity contribution in [2.75, 3.05) is 0 Å². The van der Waals surface area contributed by atoms with Crippen LogP contribution in [0.4, 0.5) is 0 Å². The lowest BCUT2D eigenvalue weighted by atomic mass is 10.2. The Hall–Kier alpha value is -0.860. The molecule has 1 nitrogen and oxygen atoms in total. The van der Waals surface area contributed by atoms with E-state index in [0.29, 0.717) is 0 Å². The molecule has 1 N–H and O–H groups in total. The molecule has 1 aliphatic carbocycles. The third-order valence-electron chi connectivity index (χ3n) is 3.64. The van der Waals surface area contributed by atoms with Crippen molar-refractivity contribution in [1.82, 2.24) is 5.32 Å². The SMILES string of the molecule is Cc1ccc2sc(CNC3CCCC3)cc2c1. The standard InChI is InChI=1S/C15H19NS/c1-11-6-7-15-12(8-11)9-14(17-15)10-16-13-4-2-3-5-13/h6-9,13,16H,2-5,10H2,1H3. The van der Waals surface area contributed by atoms with Crippen LogP contribution in [0.15, 0.2) is 24.3 Å². The van der Waals surface area contributed by atoms with Gasteiger partial charge in [0.2, 0.25) is 0 Å². The van der Waals surface area contributed by atoms with Gasteiger partial charge in [-0.05, 0) is 37.3 Å². The van der Waals surface area contributed by atoms with E-state index in [0.717, 1.165) is 12.6 Å². The molecule has 0 amide bonds. The van der Waals surface area contributed by atoms with E-state index in [4.69, 9.17) is 0 Å². The van der Waals surface area contributed by atoms with Crippen LogP contribution in [0, 0.1) is 6.92 Å². The smallest absolute Gasteiger partial charge is 0.0346 e. The Morgan fingerprint density at radius 1 is 1.24 bits per heavy atom. The van der Waals surface area contributed by atoms with Crippen molar-refractivity contribution in [1.29, 1.82) is 0 Å². The van der Waals surface area contributed by atoms with E-state index < -0.39 is 0 Å². The van der Waals surface area contributed by atoms with Crippen LogP contribution in [0.1, 0.15) is 36.1 Å². The maximum absolute atomic E-state index is 3.68. The fourth-order valence-corrected chi connectivity index (χ4v) is 3.68. The van der Waals surface area contributed by atoms with Crippen LogP contribution in [0.2, 0.25) is 0 Å². The Balaban J connectivity index is 1.72. The maximum Gasteiger partial charge on any atom is 0.0346 e. The molecule has 1 aromatic heterocycles. The molecule has 0 aliphatic heterocycles. The second-order valence-corrected chi connectivity index (χ2v) is 6.28. The Bertz CT molecular complexity index is 509. The third kappa shape index (κ3) is 2.53. The summed E-state index contributed by atoms with van der Waals surface area (Å²) >= 11 is 1.93. The summed E-state index contributed by atoms with van der Waals surface area (Å²) in [6, 6.07) is 9.84. The van der Waals surface area contributed by atoms with Gasteiger partial charge in [0.05, 0.1) is 0 Å². The molecule has 1 aliphatic rings. The fraction of sp³-hybridized carbons (Fsp3) is 0.467. The van der Waals surface area contributed by atoms with Gasteiger partial charge in [-0.3, -0.25) is 0 Å². The molecule has 3 rings (SSSR count). The molecule has 0 saturated heterocycles. The number of nitrogens with one attached hydrogen (secondary N) is 1. The second-order valence-electron chi connectivity index (χ2n) is 5.12. The molecule has 0 atom stereocenters. The minimum atomic E-state index is 0.766. The van der Waals surface area contributed by atoms with Gasteiger partial charge >= 0.3 is 0 Å². The topological polar surface area (TPSA) is 12.0 Å². The first-order valence-electron chi connectivity index (χ1n) is 6.54. The molecule has 2 heteroatoms. The average molecular weight is 245 g/mol. The number of benzene rings is 1. The summed E-state index contributed by atoms with van der Waals surface area (Å²) in [6.45, 7) is 3.20. The van der Waals surface area contributed by atoms with Crippen molar-refractivity contribution in [2.24, 2.45) is 0 Å². The lowest BCUT2D eigenvalue weighted by Gasteiger charge is -2.09. The molecule has 0 unspecified atom stereocenters. The van der Waals surface area contributed by atoms with Gasteiger partial charge in [-0.1, -0.05) is 30.5 Å². The van der Waals surface area contributed by atoms with Crippen molar-refractivity contribution in [3.05, 3.63) is 34.7 Å².